The second kappa shape index (κ2) is 8.10. The van der Waals surface area contributed by atoms with Gasteiger partial charge in [0.15, 0.2) is 5.65 Å². The van der Waals surface area contributed by atoms with Crippen molar-refractivity contribution >= 4 is 23.0 Å². The SMILES string of the molecule is NCc1cccc(-c2nccn3nc(Nc4ccc(N5CCOCC5)cc4)nc23)c1. The summed E-state index contributed by atoms with van der Waals surface area (Å²) in [5, 5.41) is 7.84. The number of nitrogens with zero attached hydrogens (tertiary/aromatic N) is 5. The maximum Gasteiger partial charge on any atom is 0.247 e. The lowest BCUT2D eigenvalue weighted by Gasteiger charge is -2.28. The lowest BCUT2D eigenvalue weighted by Crippen LogP contribution is -2.36. The first-order valence-corrected chi connectivity index (χ1v) is 10.0. The number of morpholine rings is 1. The van der Waals surface area contributed by atoms with Gasteiger partial charge in [0.2, 0.25) is 5.95 Å². The van der Waals surface area contributed by atoms with E-state index in [9.17, 15) is 0 Å². The van der Waals surface area contributed by atoms with Crippen molar-refractivity contribution in [2.24, 2.45) is 5.73 Å². The summed E-state index contributed by atoms with van der Waals surface area (Å²) in [6, 6.07) is 16.3. The van der Waals surface area contributed by atoms with Crippen molar-refractivity contribution in [1.82, 2.24) is 19.6 Å². The molecule has 3 heterocycles. The fourth-order valence-electron chi connectivity index (χ4n) is 3.63. The second-order valence-electron chi connectivity index (χ2n) is 7.16. The van der Waals surface area contributed by atoms with Crippen molar-refractivity contribution in [3.63, 3.8) is 0 Å². The fraction of sp³-hybridized carbons (Fsp3) is 0.227. The van der Waals surface area contributed by atoms with Gasteiger partial charge in [0, 0.05) is 49.0 Å². The summed E-state index contributed by atoms with van der Waals surface area (Å²) < 4.78 is 7.16. The molecule has 0 bridgehead atoms. The van der Waals surface area contributed by atoms with Gasteiger partial charge < -0.3 is 20.7 Å². The third-order valence-corrected chi connectivity index (χ3v) is 5.19. The molecule has 1 aliphatic heterocycles. The maximum absolute atomic E-state index is 5.78. The van der Waals surface area contributed by atoms with Crippen molar-refractivity contribution in [2.45, 2.75) is 6.54 Å². The summed E-state index contributed by atoms with van der Waals surface area (Å²) in [5.41, 5.74) is 11.4. The van der Waals surface area contributed by atoms with Crippen LogP contribution in [0.5, 0.6) is 0 Å². The monoisotopic (exact) mass is 401 g/mol. The highest BCUT2D eigenvalue weighted by Gasteiger charge is 2.13. The average molecular weight is 401 g/mol. The molecular weight excluding hydrogens is 378 g/mol. The Morgan fingerprint density at radius 3 is 2.70 bits per heavy atom. The molecule has 4 aromatic rings. The molecule has 2 aromatic heterocycles. The normalized spacial score (nSPS) is 14.2. The third kappa shape index (κ3) is 3.70. The van der Waals surface area contributed by atoms with Crippen molar-refractivity contribution in [3.05, 3.63) is 66.5 Å². The molecule has 2 aromatic carbocycles. The molecule has 1 fully saturated rings. The summed E-state index contributed by atoms with van der Waals surface area (Å²) in [6.45, 7) is 3.87. The topological polar surface area (TPSA) is 93.6 Å². The van der Waals surface area contributed by atoms with Crippen LogP contribution in [0.15, 0.2) is 60.9 Å². The van der Waals surface area contributed by atoms with Gasteiger partial charge in [-0.15, -0.1) is 5.10 Å². The molecule has 1 saturated heterocycles. The van der Waals surface area contributed by atoms with Crippen LogP contribution >= 0.6 is 0 Å². The first kappa shape index (κ1) is 18.5. The van der Waals surface area contributed by atoms with Crippen LogP contribution in [0, 0.1) is 0 Å². The van der Waals surface area contributed by atoms with Crippen LogP contribution in [0.3, 0.4) is 0 Å². The number of nitrogens with one attached hydrogen (secondary N) is 1. The molecule has 0 unspecified atom stereocenters. The number of rotatable bonds is 5. The van der Waals surface area contributed by atoms with Gasteiger partial charge in [-0.3, -0.25) is 4.98 Å². The quantitative estimate of drug-likeness (QED) is 0.531. The number of benzene rings is 2. The Bertz CT molecular complexity index is 1150. The molecule has 0 radical (unpaired) electrons. The van der Waals surface area contributed by atoms with Crippen LogP contribution < -0.4 is 16.0 Å². The Morgan fingerprint density at radius 1 is 1.07 bits per heavy atom. The number of nitrogens with two attached hydrogens (primary N) is 1. The van der Waals surface area contributed by atoms with E-state index in [-0.39, 0.29) is 0 Å². The van der Waals surface area contributed by atoms with Crippen molar-refractivity contribution < 1.29 is 4.74 Å². The van der Waals surface area contributed by atoms with E-state index in [0.717, 1.165) is 48.8 Å². The van der Waals surface area contributed by atoms with Crippen molar-refractivity contribution in [1.29, 1.82) is 0 Å². The Morgan fingerprint density at radius 2 is 1.90 bits per heavy atom. The minimum atomic E-state index is 0.483. The zero-order valence-electron chi connectivity index (χ0n) is 16.5. The van der Waals surface area contributed by atoms with Gasteiger partial charge in [-0.25, -0.2) is 4.52 Å². The van der Waals surface area contributed by atoms with E-state index >= 15 is 0 Å². The molecule has 0 aliphatic carbocycles. The summed E-state index contributed by atoms with van der Waals surface area (Å²) in [7, 11) is 0. The molecule has 1 aliphatic rings. The minimum absolute atomic E-state index is 0.483. The van der Waals surface area contributed by atoms with Crippen LogP contribution in [0.2, 0.25) is 0 Å². The third-order valence-electron chi connectivity index (χ3n) is 5.19. The highest BCUT2D eigenvalue weighted by molar-refractivity contribution is 5.75. The van der Waals surface area contributed by atoms with Gasteiger partial charge in [0.1, 0.15) is 5.69 Å². The summed E-state index contributed by atoms with van der Waals surface area (Å²) in [5.74, 6) is 0.526. The van der Waals surface area contributed by atoms with Gasteiger partial charge >= 0.3 is 0 Å². The highest BCUT2D eigenvalue weighted by atomic mass is 16.5. The van der Waals surface area contributed by atoms with E-state index in [4.69, 9.17) is 10.5 Å². The summed E-state index contributed by atoms with van der Waals surface area (Å²) >= 11 is 0. The van der Waals surface area contributed by atoms with E-state index in [1.807, 2.05) is 36.4 Å². The maximum atomic E-state index is 5.78. The molecule has 152 valence electrons. The Hall–Kier alpha value is -3.49. The number of aromatic nitrogens is 4. The fourth-order valence-corrected chi connectivity index (χ4v) is 3.63. The molecule has 0 atom stereocenters. The molecule has 8 nitrogen and oxygen atoms in total. The highest BCUT2D eigenvalue weighted by Crippen LogP contribution is 2.25. The van der Waals surface area contributed by atoms with Crippen molar-refractivity contribution in [2.75, 3.05) is 36.5 Å². The molecule has 0 amide bonds. The van der Waals surface area contributed by atoms with Gasteiger partial charge in [-0.2, -0.15) is 4.98 Å². The van der Waals surface area contributed by atoms with E-state index in [0.29, 0.717) is 18.1 Å². The van der Waals surface area contributed by atoms with Crippen LogP contribution in [-0.4, -0.2) is 45.9 Å². The Kier molecular flexibility index (Phi) is 5.00. The number of hydrogen-bond donors (Lipinski definition) is 2. The largest absolute Gasteiger partial charge is 0.378 e. The van der Waals surface area contributed by atoms with Crippen LogP contribution in [-0.2, 0) is 11.3 Å². The van der Waals surface area contributed by atoms with E-state index in [1.165, 1.54) is 5.69 Å². The molecule has 5 rings (SSSR count). The number of ether oxygens (including phenoxy) is 1. The lowest BCUT2D eigenvalue weighted by molar-refractivity contribution is 0.122. The Labute approximate surface area is 174 Å². The van der Waals surface area contributed by atoms with Gasteiger partial charge in [0.25, 0.3) is 0 Å². The summed E-state index contributed by atoms with van der Waals surface area (Å²) in [6.07, 6.45) is 3.53. The van der Waals surface area contributed by atoms with Crippen LogP contribution in [0.25, 0.3) is 16.9 Å². The van der Waals surface area contributed by atoms with E-state index in [2.05, 4.69) is 37.4 Å². The predicted molar refractivity (Wildman–Crippen MR) is 117 cm³/mol. The number of hydrogen-bond acceptors (Lipinski definition) is 7. The van der Waals surface area contributed by atoms with Gasteiger partial charge in [-0.05, 0) is 35.9 Å². The molecule has 8 heteroatoms. The standard InChI is InChI=1S/C22H23N7O/c23-15-16-2-1-3-17(14-16)20-21-26-22(27-29(21)9-8-24-20)25-18-4-6-19(7-5-18)28-10-12-30-13-11-28/h1-9,14H,10-13,15,23H2,(H,25,27). The van der Waals surface area contributed by atoms with E-state index in [1.54, 1.807) is 16.9 Å². The molecule has 0 spiro atoms. The number of fused-ring (bicyclic) bond motifs is 1. The predicted octanol–water partition coefficient (Wildman–Crippen LogP) is 2.83. The first-order valence-electron chi connectivity index (χ1n) is 10.0. The van der Waals surface area contributed by atoms with Gasteiger partial charge in [0.05, 0.1) is 13.2 Å². The second-order valence-corrected chi connectivity index (χ2v) is 7.16. The molecule has 3 N–H and O–H groups in total. The van der Waals surface area contributed by atoms with Crippen molar-refractivity contribution in [3.8, 4) is 11.3 Å². The minimum Gasteiger partial charge on any atom is -0.378 e. The van der Waals surface area contributed by atoms with Crippen LogP contribution in [0.4, 0.5) is 17.3 Å². The zero-order chi connectivity index (χ0) is 20.3. The first-order chi connectivity index (χ1) is 14.8. The Balaban J connectivity index is 1.40. The van der Waals surface area contributed by atoms with Crippen LogP contribution in [0.1, 0.15) is 5.56 Å². The van der Waals surface area contributed by atoms with Gasteiger partial charge in [-0.1, -0.05) is 18.2 Å². The smallest absolute Gasteiger partial charge is 0.247 e. The lowest BCUT2D eigenvalue weighted by atomic mass is 10.1. The molecule has 0 saturated carbocycles. The van der Waals surface area contributed by atoms with E-state index < -0.39 is 0 Å². The molecular formula is C22H23N7O. The summed E-state index contributed by atoms with van der Waals surface area (Å²) in [4.78, 5) is 11.5. The number of anilines is 3. The molecule has 30 heavy (non-hydrogen) atoms. The average Bonchev–Trinajstić information content (AvgIpc) is 3.22. The zero-order valence-corrected chi connectivity index (χ0v) is 16.5.